The molecule has 3 nitrogen and oxygen atoms in total. The molecule has 2 aromatic rings. The minimum Gasteiger partial charge on any atom is -0.545 e. The number of carboxylic acids is 1. The maximum Gasteiger partial charge on any atom is 1.00 e. The van der Waals surface area contributed by atoms with Crippen LogP contribution in [0.15, 0.2) is 24.3 Å². The number of carbonyl (C=O) groups excluding carboxylic acids is 1. The van der Waals surface area contributed by atoms with Crippen molar-refractivity contribution in [3.63, 3.8) is 0 Å². The molecule has 0 bridgehead atoms. The molecule has 0 spiro atoms. The van der Waals surface area contributed by atoms with Crippen LogP contribution in [0.4, 0.5) is 0 Å². The van der Waals surface area contributed by atoms with Crippen LogP contribution < -0.4 is 24.0 Å². The van der Waals surface area contributed by atoms with Crippen molar-refractivity contribution in [2.75, 3.05) is 0 Å². The summed E-state index contributed by atoms with van der Waals surface area (Å²) < 4.78 is 0. The van der Waals surface area contributed by atoms with Crippen molar-refractivity contribution >= 4 is 16.9 Å². The Morgan fingerprint density at radius 2 is 2.00 bits per heavy atom. The van der Waals surface area contributed by atoms with Crippen LogP contribution in [-0.2, 0) is 0 Å². The third-order valence-electron chi connectivity index (χ3n) is 2.51. The molecular formula is C12H10LiNO2. The topological polar surface area (TPSA) is 53.0 Å². The fraction of sp³-hybridized carbons (Fsp3) is 0.167. The summed E-state index contributed by atoms with van der Waals surface area (Å²) in [7, 11) is 0. The summed E-state index contributed by atoms with van der Waals surface area (Å²) in [5.41, 5.74) is 2.55. The summed E-state index contributed by atoms with van der Waals surface area (Å²) in [6, 6.07) is 6.99. The largest absolute Gasteiger partial charge is 1.00 e. The van der Waals surface area contributed by atoms with Gasteiger partial charge in [-0.1, -0.05) is 18.2 Å². The number of rotatable bonds is 1. The molecule has 0 saturated heterocycles. The Balaban J connectivity index is 0.00000128. The van der Waals surface area contributed by atoms with E-state index in [4.69, 9.17) is 0 Å². The maximum absolute atomic E-state index is 10.9. The van der Waals surface area contributed by atoms with E-state index in [1.165, 1.54) is 6.07 Å². The second-order valence-corrected chi connectivity index (χ2v) is 3.56. The van der Waals surface area contributed by atoms with E-state index in [1.54, 1.807) is 6.07 Å². The van der Waals surface area contributed by atoms with E-state index in [0.29, 0.717) is 5.52 Å². The van der Waals surface area contributed by atoms with Crippen LogP contribution in [0.25, 0.3) is 10.9 Å². The number of carbonyl (C=O) groups is 1. The van der Waals surface area contributed by atoms with Gasteiger partial charge in [-0.15, -0.1) is 0 Å². The second kappa shape index (κ2) is 4.69. The third kappa shape index (κ3) is 2.11. The molecule has 0 aliphatic rings. The van der Waals surface area contributed by atoms with Crippen LogP contribution in [0.1, 0.15) is 21.6 Å². The van der Waals surface area contributed by atoms with Crippen molar-refractivity contribution in [1.29, 1.82) is 0 Å². The van der Waals surface area contributed by atoms with Crippen LogP contribution in [0, 0.1) is 13.8 Å². The van der Waals surface area contributed by atoms with Crippen LogP contribution in [0.3, 0.4) is 0 Å². The number of nitrogens with zero attached hydrogens (tertiary/aromatic N) is 1. The Labute approximate surface area is 106 Å². The predicted molar refractivity (Wildman–Crippen MR) is 55.5 cm³/mol. The van der Waals surface area contributed by atoms with Gasteiger partial charge in [0.2, 0.25) is 0 Å². The quantitative estimate of drug-likeness (QED) is 0.519. The van der Waals surface area contributed by atoms with Crippen molar-refractivity contribution in [2.24, 2.45) is 0 Å². The average molecular weight is 207 g/mol. The number of aromatic carboxylic acids is 1. The molecule has 1 aromatic heterocycles. The van der Waals surface area contributed by atoms with Crippen molar-refractivity contribution < 1.29 is 28.8 Å². The minimum absolute atomic E-state index is 0. The second-order valence-electron chi connectivity index (χ2n) is 3.56. The SMILES string of the molecule is Cc1cc2cccc(C(=O)[O-])c2nc1C.[Li+]. The Hall–Kier alpha value is -1.30. The third-order valence-corrected chi connectivity index (χ3v) is 2.51. The average Bonchev–Trinajstić information content (AvgIpc) is 2.18. The van der Waals surface area contributed by atoms with Gasteiger partial charge in [0.05, 0.1) is 11.5 Å². The number of carboxylic acid groups (broad SMARTS) is 1. The molecule has 0 atom stereocenters. The Kier molecular flexibility index (Phi) is 3.74. The van der Waals surface area contributed by atoms with Crippen LogP contribution >= 0.6 is 0 Å². The molecule has 0 amide bonds. The zero-order valence-electron chi connectivity index (χ0n) is 9.57. The molecule has 0 fully saturated rings. The van der Waals surface area contributed by atoms with Crippen LogP contribution in [0.2, 0.25) is 0 Å². The summed E-state index contributed by atoms with van der Waals surface area (Å²) in [4.78, 5) is 15.1. The van der Waals surface area contributed by atoms with Crippen molar-refractivity contribution in [3.05, 3.63) is 41.1 Å². The molecule has 0 N–H and O–H groups in total. The monoisotopic (exact) mass is 207 g/mol. The summed E-state index contributed by atoms with van der Waals surface area (Å²) in [6.45, 7) is 3.81. The van der Waals surface area contributed by atoms with Gasteiger partial charge in [0, 0.05) is 16.6 Å². The van der Waals surface area contributed by atoms with Gasteiger partial charge < -0.3 is 9.90 Å². The van der Waals surface area contributed by atoms with Crippen molar-refractivity contribution in [2.45, 2.75) is 13.8 Å². The molecule has 1 aromatic carbocycles. The van der Waals surface area contributed by atoms with Gasteiger partial charge in [0.25, 0.3) is 0 Å². The molecule has 0 unspecified atom stereocenters. The van der Waals surface area contributed by atoms with E-state index < -0.39 is 5.97 Å². The van der Waals surface area contributed by atoms with E-state index in [2.05, 4.69) is 4.98 Å². The first kappa shape index (κ1) is 12.8. The van der Waals surface area contributed by atoms with Gasteiger partial charge in [0.1, 0.15) is 0 Å². The van der Waals surface area contributed by atoms with Gasteiger partial charge in [0.15, 0.2) is 0 Å². The zero-order valence-corrected chi connectivity index (χ0v) is 9.57. The van der Waals surface area contributed by atoms with E-state index in [1.807, 2.05) is 26.0 Å². The summed E-state index contributed by atoms with van der Waals surface area (Å²) in [6.07, 6.45) is 0. The van der Waals surface area contributed by atoms with Crippen molar-refractivity contribution in [1.82, 2.24) is 4.98 Å². The first-order valence-electron chi connectivity index (χ1n) is 4.68. The predicted octanol–water partition coefficient (Wildman–Crippen LogP) is -1.78. The number of benzene rings is 1. The number of para-hydroxylation sites is 1. The fourth-order valence-electron chi connectivity index (χ4n) is 1.56. The van der Waals surface area contributed by atoms with Gasteiger partial charge in [-0.05, 0) is 25.5 Å². The Bertz CT molecular complexity index is 552. The number of aromatic nitrogens is 1. The molecule has 0 aliphatic heterocycles. The zero-order chi connectivity index (χ0) is 11.0. The van der Waals surface area contributed by atoms with Gasteiger partial charge in [-0.25, -0.2) is 0 Å². The minimum atomic E-state index is -1.18. The van der Waals surface area contributed by atoms with Gasteiger partial charge in [-0.3, -0.25) is 4.98 Å². The molecule has 0 saturated carbocycles. The molecule has 1 heterocycles. The molecule has 76 valence electrons. The molecule has 0 radical (unpaired) electrons. The smallest absolute Gasteiger partial charge is 0.545 e. The first-order chi connectivity index (χ1) is 7.09. The van der Waals surface area contributed by atoms with Gasteiger partial charge in [-0.2, -0.15) is 0 Å². The van der Waals surface area contributed by atoms with E-state index in [9.17, 15) is 9.90 Å². The molecule has 16 heavy (non-hydrogen) atoms. The number of hydrogen-bond donors (Lipinski definition) is 0. The molecular weight excluding hydrogens is 197 g/mol. The standard InChI is InChI=1S/C12H11NO2.Li/c1-7-6-9-4-3-5-10(12(14)15)11(9)13-8(7)2;/h3-6H,1-2H3,(H,14,15);/q;+1/p-1. The van der Waals surface area contributed by atoms with Crippen LogP contribution in [-0.4, -0.2) is 11.0 Å². The van der Waals surface area contributed by atoms with Gasteiger partial charge >= 0.3 is 18.9 Å². The number of aryl methyl sites for hydroxylation is 2. The van der Waals surface area contributed by atoms with E-state index in [-0.39, 0.29) is 24.4 Å². The molecule has 2 rings (SSSR count). The number of hydrogen-bond acceptors (Lipinski definition) is 3. The first-order valence-corrected chi connectivity index (χ1v) is 4.68. The summed E-state index contributed by atoms with van der Waals surface area (Å²) >= 11 is 0. The summed E-state index contributed by atoms with van der Waals surface area (Å²) in [5, 5.41) is 11.7. The van der Waals surface area contributed by atoms with Crippen molar-refractivity contribution in [3.8, 4) is 0 Å². The van der Waals surface area contributed by atoms with Crippen LogP contribution in [0.5, 0.6) is 0 Å². The molecule has 0 aliphatic carbocycles. The van der Waals surface area contributed by atoms with E-state index in [0.717, 1.165) is 16.6 Å². The Morgan fingerprint density at radius 3 is 2.62 bits per heavy atom. The van der Waals surface area contributed by atoms with E-state index >= 15 is 0 Å². The Morgan fingerprint density at radius 1 is 1.31 bits per heavy atom. The summed E-state index contributed by atoms with van der Waals surface area (Å²) in [5.74, 6) is -1.18. The number of fused-ring (bicyclic) bond motifs is 1. The normalized spacial score (nSPS) is 9.88. The fourth-order valence-corrected chi connectivity index (χ4v) is 1.56. The molecule has 4 heteroatoms. The number of pyridine rings is 1. The maximum atomic E-state index is 10.9.